The maximum atomic E-state index is 11.2. The molecule has 1 rings (SSSR count). The van der Waals surface area contributed by atoms with E-state index in [1.165, 1.54) is 32.4 Å². The number of hydrogen-bond acceptors (Lipinski definition) is 5. The molecule has 0 radical (unpaired) electrons. The first-order valence-corrected chi connectivity index (χ1v) is 4.09. The number of ether oxygens (including phenoxy) is 3. The molecule has 0 unspecified atom stereocenters. The third-order valence-electron chi connectivity index (χ3n) is 1.76. The Hall–Kier alpha value is -2.04. The molecule has 0 amide bonds. The molecule has 0 saturated carbocycles. The van der Waals surface area contributed by atoms with Crippen molar-refractivity contribution < 1.29 is 23.8 Å². The van der Waals surface area contributed by atoms with Crippen molar-refractivity contribution in [2.24, 2.45) is 0 Å². The Bertz CT molecular complexity index is 372. The molecule has 0 atom stereocenters. The molecule has 0 aliphatic heterocycles. The third kappa shape index (κ3) is 2.46. The van der Waals surface area contributed by atoms with E-state index in [2.05, 4.69) is 9.47 Å². The lowest BCUT2D eigenvalue weighted by atomic mass is 10.2. The fourth-order valence-electron chi connectivity index (χ4n) is 1.08. The van der Waals surface area contributed by atoms with Gasteiger partial charge in [0.05, 0.1) is 14.2 Å². The van der Waals surface area contributed by atoms with Gasteiger partial charge in [-0.1, -0.05) is 0 Å². The topological polar surface area (TPSA) is 61.8 Å². The van der Waals surface area contributed by atoms with Crippen LogP contribution in [0.5, 0.6) is 11.5 Å². The van der Waals surface area contributed by atoms with Crippen molar-refractivity contribution in [3.8, 4) is 11.5 Å². The van der Waals surface area contributed by atoms with Crippen molar-refractivity contribution in [1.82, 2.24) is 0 Å². The molecule has 0 spiro atoms. The third-order valence-corrected chi connectivity index (χ3v) is 1.76. The molecule has 0 aromatic heterocycles. The highest BCUT2D eigenvalue weighted by Gasteiger charge is 2.13. The van der Waals surface area contributed by atoms with E-state index in [4.69, 9.17) is 4.74 Å². The van der Waals surface area contributed by atoms with Crippen molar-refractivity contribution >= 4 is 12.4 Å². The summed E-state index contributed by atoms with van der Waals surface area (Å²) in [7, 11) is 2.68. The van der Waals surface area contributed by atoms with E-state index < -0.39 is 5.97 Å². The normalized spacial score (nSPS) is 9.20. The number of carbonyl (C=O) groups excluding carboxylic acids is 2. The molecular formula is C10H10O5. The Labute approximate surface area is 86.6 Å². The predicted octanol–water partition coefficient (Wildman–Crippen LogP) is 1.02. The van der Waals surface area contributed by atoms with Gasteiger partial charge in [-0.25, -0.2) is 4.79 Å². The van der Waals surface area contributed by atoms with Gasteiger partial charge in [-0.05, 0) is 12.1 Å². The van der Waals surface area contributed by atoms with Gasteiger partial charge in [-0.15, -0.1) is 0 Å². The van der Waals surface area contributed by atoms with Crippen LogP contribution in [-0.4, -0.2) is 26.7 Å². The summed E-state index contributed by atoms with van der Waals surface area (Å²) >= 11 is 0. The molecule has 0 saturated heterocycles. The lowest BCUT2D eigenvalue weighted by Gasteiger charge is -2.07. The van der Waals surface area contributed by atoms with Gasteiger partial charge >= 0.3 is 5.97 Å². The van der Waals surface area contributed by atoms with Crippen LogP contribution in [0.1, 0.15) is 10.4 Å². The van der Waals surface area contributed by atoms with E-state index in [1.54, 1.807) is 0 Å². The Morgan fingerprint density at radius 1 is 1.33 bits per heavy atom. The lowest BCUT2D eigenvalue weighted by molar-refractivity contribution is -0.120. The molecule has 1 aromatic rings. The average molecular weight is 210 g/mol. The van der Waals surface area contributed by atoms with Crippen molar-refractivity contribution in [3.05, 3.63) is 23.8 Å². The summed E-state index contributed by atoms with van der Waals surface area (Å²) in [5, 5.41) is 0. The summed E-state index contributed by atoms with van der Waals surface area (Å²) in [4.78, 5) is 21.3. The maximum absolute atomic E-state index is 11.2. The molecule has 15 heavy (non-hydrogen) atoms. The summed E-state index contributed by atoms with van der Waals surface area (Å²) < 4.78 is 14.1. The Morgan fingerprint density at radius 3 is 2.60 bits per heavy atom. The Balaban J connectivity index is 3.08. The van der Waals surface area contributed by atoms with Gasteiger partial charge in [-0.3, -0.25) is 4.79 Å². The first-order valence-electron chi connectivity index (χ1n) is 4.09. The summed E-state index contributed by atoms with van der Waals surface area (Å²) in [6, 6.07) is 4.37. The summed E-state index contributed by atoms with van der Waals surface area (Å²) in [6.45, 7) is 0.298. The van der Waals surface area contributed by atoms with Crippen LogP contribution in [0.25, 0.3) is 0 Å². The van der Waals surface area contributed by atoms with Gasteiger partial charge in [0.2, 0.25) is 0 Å². The smallest absolute Gasteiger partial charge is 0.341 e. The van der Waals surface area contributed by atoms with E-state index >= 15 is 0 Å². The molecule has 5 heteroatoms. The minimum absolute atomic E-state index is 0.276. The highest BCUT2D eigenvalue weighted by molar-refractivity contribution is 5.92. The standard InChI is InChI=1S/C10H10O5/c1-13-9-5-7(15-6-11)3-4-8(9)10(12)14-2/h3-6H,1-2H3. The average Bonchev–Trinajstić information content (AvgIpc) is 2.28. The van der Waals surface area contributed by atoms with Gasteiger partial charge in [0.25, 0.3) is 6.47 Å². The Morgan fingerprint density at radius 2 is 2.07 bits per heavy atom. The molecule has 0 fully saturated rings. The fourth-order valence-corrected chi connectivity index (χ4v) is 1.08. The van der Waals surface area contributed by atoms with Crippen LogP contribution in [0, 0.1) is 0 Å². The molecule has 80 valence electrons. The summed E-state index contributed by atoms with van der Waals surface area (Å²) in [5.41, 5.74) is 0.276. The first kappa shape index (κ1) is 11.0. The minimum atomic E-state index is -0.510. The molecular weight excluding hydrogens is 200 g/mol. The quantitative estimate of drug-likeness (QED) is 0.548. The number of rotatable bonds is 4. The van der Waals surface area contributed by atoms with Crippen LogP contribution < -0.4 is 9.47 Å². The second-order valence-electron chi connectivity index (χ2n) is 2.57. The van der Waals surface area contributed by atoms with Crippen LogP contribution in [0.2, 0.25) is 0 Å². The van der Waals surface area contributed by atoms with Crippen molar-refractivity contribution in [3.63, 3.8) is 0 Å². The zero-order valence-corrected chi connectivity index (χ0v) is 8.35. The Kier molecular flexibility index (Phi) is 3.68. The largest absolute Gasteiger partial charge is 0.496 e. The highest BCUT2D eigenvalue weighted by atomic mass is 16.5. The molecule has 0 N–H and O–H groups in total. The summed E-state index contributed by atoms with van der Waals surface area (Å²) in [5.74, 6) is 0.0835. The van der Waals surface area contributed by atoms with Crippen LogP contribution >= 0.6 is 0 Å². The van der Waals surface area contributed by atoms with E-state index in [0.717, 1.165) is 0 Å². The van der Waals surface area contributed by atoms with Gasteiger partial charge in [-0.2, -0.15) is 0 Å². The monoisotopic (exact) mass is 210 g/mol. The first-order chi connectivity index (χ1) is 7.22. The molecule has 0 heterocycles. The number of methoxy groups -OCH3 is 2. The SMILES string of the molecule is COC(=O)c1ccc(OC=O)cc1OC. The second kappa shape index (κ2) is 4.99. The van der Waals surface area contributed by atoms with Crippen molar-refractivity contribution in [2.45, 2.75) is 0 Å². The van der Waals surface area contributed by atoms with Crippen LogP contribution in [-0.2, 0) is 9.53 Å². The van der Waals surface area contributed by atoms with E-state index in [9.17, 15) is 9.59 Å². The highest BCUT2D eigenvalue weighted by Crippen LogP contribution is 2.24. The molecule has 5 nitrogen and oxygen atoms in total. The van der Waals surface area contributed by atoms with Crippen LogP contribution in [0.4, 0.5) is 0 Å². The molecule has 0 bridgehead atoms. The zero-order valence-electron chi connectivity index (χ0n) is 8.35. The van der Waals surface area contributed by atoms with Crippen molar-refractivity contribution in [1.29, 1.82) is 0 Å². The van der Waals surface area contributed by atoms with Gasteiger partial charge in [0.1, 0.15) is 17.1 Å². The van der Waals surface area contributed by atoms with E-state index in [-0.39, 0.29) is 5.56 Å². The van der Waals surface area contributed by atoms with Crippen LogP contribution in [0.3, 0.4) is 0 Å². The van der Waals surface area contributed by atoms with Crippen LogP contribution in [0.15, 0.2) is 18.2 Å². The van der Waals surface area contributed by atoms with E-state index in [1.807, 2.05) is 0 Å². The number of benzene rings is 1. The summed E-state index contributed by atoms with van der Waals surface area (Å²) in [6.07, 6.45) is 0. The fraction of sp³-hybridized carbons (Fsp3) is 0.200. The minimum Gasteiger partial charge on any atom is -0.496 e. The molecule has 0 aliphatic carbocycles. The maximum Gasteiger partial charge on any atom is 0.341 e. The number of hydrogen-bond donors (Lipinski definition) is 0. The van der Waals surface area contributed by atoms with Gasteiger partial charge in [0.15, 0.2) is 0 Å². The van der Waals surface area contributed by atoms with Gasteiger partial charge in [0, 0.05) is 6.07 Å². The zero-order chi connectivity index (χ0) is 11.3. The second-order valence-corrected chi connectivity index (χ2v) is 2.57. The predicted molar refractivity (Wildman–Crippen MR) is 51.0 cm³/mol. The number of esters is 1. The number of carbonyl (C=O) groups is 2. The van der Waals surface area contributed by atoms with E-state index in [0.29, 0.717) is 18.0 Å². The molecule has 0 aliphatic rings. The molecule has 1 aromatic carbocycles. The lowest BCUT2D eigenvalue weighted by Crippen LogP contribution is -2.04. The van der Waals surface area contributed by atoms with Crippen molar-refractivity contribution in [2.75, 3.05) is 14.2 Å². The van der Waals surface area contributed by atoms with Gasteiger partial charge < -0.3 is 14.2 Å².